The standard InChI is InChI=1S/C31H32N4O5S/c1-5-25(36)28-23-16-22(21-8-7-15-35(18-21)31-33-30-26(40-31)9-6-14-32-30)24(34(3)41(4,37)38)17-27(23)39-29(28)20-12-10-19(2)11-13-20/h6,9-14,16-17,21H,5,7-8,15,18H2,1-4H3/t21-/m1/s1. The average Bonchev–Trinajstić information content (AvgIpc) is 3.57. The van der Waals surface area contributed by atoms with Gasteiger partial charge in [-0.05, 0) is 43.5 Å². The predicted octanol–water partition coefficient (Wildman–Crippen LogP) is 6.32. The molecule has 0 unspecified atom stereocenters. The lowest BCUT2D eigenvalue weighted by Gasteiger charge is -2.34. The highest BCUT2D eigenvalue weighted by atomic mass is 32.2. The number of anilines is 2. The summed E-state index contributed by atoms with van der Waals surface area (Å²) in [5.41, 5.74) is 5.45. The highest BCUT2D eigenvalue weighted by Crippen LogP contribution is 2.42. The zero-order valence-electron chi connectivity index (χ0n) is 23.5. The number of piperidine rings is 1. The van der Waals surface area contributed by atoms with E-state index in [9.17, 15) is 13.2 Å². The van der Waals surface area contributed by atoms with E-state index in [0.29, 0.717) is 58.2 Å². The number of pyridine rings is 1. The Hall–Kier alpha value is -4.18. The maximum Gasteiger partial charge on any atom is 0.299 e. The van der Waals surface area contributed by atoms with Gasteiger partial charge in [0.2, 0.25) is 15.7 Å². The molecule has 212 valence electrons. The molecule has 41 heavy (non-hydrogen) atoms. The zero-order valence-corrected chi connectivity index (χ0v) is 24.4. The Morgan fingerprint density at radius 3 is 2.61 bits per heavy atom. The fourth-order valence-electron chi connectivity index (χ4n) is 5.59. The van der Waals surface area contributed by atoms with Crippen molar-refractivity contribution in [1.82, 2.24) is 9.97 Å². The van der Waals surface area contributed by atoms with Crippen molar-refractivity contribution in [2.75, 3.05) is 35.6 Å². The summed E-state index contributed by atoms with van der Waals surface area (Å²) in [6, 6.07) is 15.7. The Morgan fingerprint density at radius 1 is 1.12 bits per heavy atom. The van der Waals surface area contributed by atoms with Crippen LogP contribution in [0.3, 0.4) is 0 Å². The molecule has 0 amide bonds. The number of benzene rings is 2. The summed E-state index contributed by atoms with van der Waals surface area (Å²) in [7, 11) is -2.03. The first-order valence-corrected chi connectivity index (χ1v) is 15.6. The number of aryl methyl sites for hydroxylation is 1. The van der Waals surface area contributed by atoms with Crippen molar-refractivity contribution >= 4 is 49.7 Å². The Labute approximate surface area is 238 Å². The summed E-state index contributed by atoms with van der Waals surface area (Å²) in [4.78, 5) is 24.3. The lowest BCUT2D eigenvalue weighted by Crippen LogP contribution is -2.35. The minimum atomic E-state index is -3.58. The number of oxazole rings is 1. The first-order valence-electron chi connectivity index (χ1n) is 13.7. The van der Waals surface area contributed by atoms with Crippen LogP contribution in [0.4, 0.5) is 11.7 Å². The van der Waals surface area contributed by atoms with Gasteiger partial charge in [0.15, 0.2) is 11.4 Å². The average molecular weight is 573 g/mol. The van der Waals surface area contributed by atoms with E-state index >= 15 is 0 Å². The van der Waals surface area contributed by atoms with Crippen LogP contribution in [0.25, 0.3) is 33.5 Å². The topological polar surface area (TPSA) is 110 Å². The maximum absolute atomic E-state index is 13.3. The summed E-state index contributed by atoms with van der Waals surface area (Å²) in [6.45, 7) is 5.17. The quantitative estimate of drug-likeness (QED) is 0.209. The van der Waals surface area contributed by atoms with E-state index in [-0.39, 0.29) is 11.7 Å². The van der Waals surface area contributed by atoms with Crippen LogP contribution in [0.15, 0.2) is 63.6 Å². The number of nitrogens with zero attached hydrogens (tertiary/aromatic N) is 4. The normalized spacial score (nSPS) is 16.0. The molecule has 1 aliphatic heterocycles. The van der Waals surface area contributed by atoms with Crippen molar-refractivity contribution in [1.29, 1.82) is 0 Å². The van der Waals surface area contributed by atoms with Gasteiger partial charge in [-0.3, -0.25) is 9.10 Å². The number of furan rings is 1. The molecule has 2 aromatic carbocycles. The Balaban J connectivity index is 1.50. The maximum atomic E-state index is 13.3. The van der Waals surface area contributed by atoms with E-state index in [1.165, 1.54) is 10.6 Å². The third-order valence-corrected chi connectivity index (χ3v) is 9.06. The number of hydrogen-bond acceptors (Lipinski definition) is 8. The summed E-state index contributed by atoms with van der Waals surface area (Å²) in [5.74, 6) is 0.428. The number of Topliss-reactive ketones (excluding diaryl/α,β-unsaturated/α-hetero) is 1. The van der Waals surface area contributed by atoms with E-state index in [2.05, 4.69) is 14.9 Å². The molecular weight excluding hydrogens is 540 g/mol. The van der Waals surface area contributed by atoms with Crippen LogP contribution in [-0.2, 0) is 10.0 Å². The molecule has 6 rings (SSSR count). The third-order valence-electron chi connectivity index (χ3n) is 7.87. The van der Waals surface area contributed by atoms with E-state index in [1.807, 2.05) is 56.3 Å². The van der Waals surface area contributed by atoms with Crippen LogP contribution in [0.1, 0.15) is 53.6 Å². The number of carbonyl (C=O) groups excluding carboxylic acids is 1. The summed E-state index contributed by atoms with van der Waals surface area (Å²) in [6.07, 6.45) is 4.88. The second kappa shape index (κ2) is 10.3. The fourth-order valence-corrected chi connectivity index (χ4v) is 6.10. The number of aromatic nitrogens is 2. The summed E-state index contributed by atoms with van der Waals surface area (Å²) in [5, 5.41) is 0.691. The van der Waals surface area contributed by atoms with Gasteiger partial charge >= 0.3 is 0 Å². The van der Waals surface area contributed by atoms with Crippen LogP contribution in [0.2, 0.25) is 0 Å². The molecule has 5 aromatic rings. The highest BCUT2D eigenvalue weighted by molar-refractivity contribution is 7.92. The lowest BCUT2D eigenvalue weighted by atomic mass is 9.88. The van der Waals surface area contributed by atoms with Gasteiger partial charge in [-0.25, -0.2) is 13.4 Å². The van der Waals surface area contributed by atoms with Gasteiger partial charge < -0.3 is 13.7 Å². The van der Waals surface area contributed by atoms with Crippen molar-refractivity contribution in [3.63, 3.8) is 0 Å². The Bertz CT molecular complexity index is 1840. The van der Waals surface area contributed by atoms with Crippen LogP contribution < -0.4 is 9.21 Å². The van der Waals surface area contributed by atoms with Gasteiger partial charge in [0, 0.05) is 55.7 Å². The molecule has 4 heterocycles. The number of carbonyl (C=O) groups is 1. The molecule has 1 saturated heterocycles. The number of sulfonamides is 1. The molecule has 0 spiro atoms. The third kappa shape index (κ3) is 4.97. The molecule has 0 N–H and O–H groups in total. The number of rotatable bonds is 7. The van der Waals surface area contributed by atoms with E-state index in [4.69, 9.17) is 8.83 Å². The molecule has 1 fully saturated rings. The molecule has 0 radical (unpaired) electrons. The Kier molecular flexibility index (Phi) is 6.81. The first kappa shape index (κ1) is 27.0. The molecule has 0 bridgehead atoms. The predicted molar refractivity (Wildman–Crippen MR) is 160 cm³/mol. The number of ketones is 1. The number of fused-ring (bicyclic) bond motifs is 2. The molecule has 3 aromatic heterocycles. The smallest absolute Gasteiger partial charge is 0.299 e. The van der Waals surface area contributed by atoms with Gasteiger partial charge in [-0.15, -0.1) is 0 Å². The second-order valence-corrected chi connectivity index (χ2v) is 12.7. The zero-order chi connectivity index (χ0) is 28.9. The molecule has 1 aliphatic rings. The van der Waals surface area contributed by atoms with Crippen LogP contribution >= 0.6 is 0 Å². The molecular formula is C31H32N4O5S. The lowest BCUT2D eigenvalue weighted by molar-refractivity contribution is 0.0989. The highest BCUT2D eigenvalue weighted by Gasteiger charge is 2.31. The van der Waals surface area contributed by atoms with Crippen LogP contribution in [0.5, 0.6) is 0 Å². The van der Waals surface area contributed by atoms with Crippen molar-refractivity contribution in [3.05, 3.63) is 71.4 Å². The van der Waals surface area contributed by atoms with Gasteiger partial charge in [0.25, 0.3) is 6.01 Å². The number of hydrogen-bond donors (Lipinski definition) is 0. The van der Waals surface area contributed by atoms with Gasteiger partial charge in [-0.1, -0.05) is 36.8 Å². The molecule has 0 aliphatic carbocycles. The molecule has 1 atom stereocenters. The van der Waals surface area contributed by atoms with Crippen molar-refractivity contribution in [2.24, 2.45) is 0 Å². The molecule has 9 nitrogen and oxygen atoms in total. The largest absolute Gasteiger partial charge is 0.455 e. The van der Waals surface area contributed by atoms with Crippen molar-refractivity contribution in [2.45, 2.75) is 39.0 Å². The summed E-state index contributed by atoms with van der Waals surface area (Å²) < 4.78 is 39.2. The fraction of sp³-hybridized carbons (Fsp3) is 0.323. The minimum absolute atomic E-state index is 0.0289. The molecule has 10 heteroatoms. The van der Waals surface area contributed by atoms with E-state index in [1.54, 1.807) is 19.3 Å². The van der Waals surface area contributed by atoms with E-state index in [0.717, 1.165) is 36.1 Å². The van der Waals surface area contributed by atoms with E-state index < -0.39 is 10.0 Å². The van der Waals surface area contributed by atoms with Gasteiger partial charge in [0.05, 0.1) is 17.5 Å². The minimum Gasteiger partial charge on any atom is -0.455 e. The molecule has 0 saturated carbocycles. The SMILES string of the molecule is CCC(=O)c1c(-c2ccc(C)cc2)oc2cc(N(C)S(C)(=O)=O)c([C@@H]3CCCN(c4nc5ncccc5o4)C3)cc12. The summed E-state index contributed by atoms with van der Waals surface area (Å²) >= 11 is 0. The van der Waals surface area contributed by atoms with Crippen LogP contribution in [-0.4, -0.2) is 50.6 Å². The Morgan fingerprint density at radius 2 is 1.90 bits per heavy atom. The van der Waals surface area contributed by atoms with Gasteiger partial charge in [0.1, 0.15) is 11.3 Å². The van der Waals surface area contributed by atoms with Crippen molar-refractivity contribution < 1.29 is 22.0 Å². The second-order valence-electron chi connectivity index (χ2n) is 10.7. The van der Waals surface area contributed by atoms with Crippen LogP contribution in [0, 0.1) is 6.92 Å². The first-order chi connectivity index (χ1) is 19.6. The van der Waals surface area contributed by atoms with Crippen molar-refractivity contribution in [3.8, 4) is 11.3 Å². The monoisotopic (exact) mass is 572 g/mol. The van der Waals surface area contributed by atoms with Gasteiger partial charge in [-0.2, -0.15) is 4.98 Å².